The maximum atomic E-state index is 12.0. The van der Waals surface area contributed by atoms with Crippen molar-refractivity contribution >= 4 is 46.7 Å². The standard InChI is InChI=1S/C19H20ClN3O2S/c1-2-11-21-19(25)23-17-9-7-16(8-10-17)22-18(24)13-26-12-14-3-5-15(20)6-4-14/h2-10H,1,11-13H2,(H,22,24)(H2,21,23,25). The molecule has 2 aromatic rings. The number of benzene rings is 2. The first-order valence-electron chi connectivity index (χ1n) is 7.94. The summed E-state index contributed by atoms with van der Waals surface area (Å²) in [6.07, 6.45) is 1.60. The van der Waals surface area contributed by atoms with Crippen molar-refractivity contribution < 1.29 is 9.59 Å². The Balaban J connectivity index is 1.73. The Morgan fingerprint density at radius 1 is 1.00 bits per heavy atom. The lowest BCUT2D eigenvalue weighted by Gasteiger charge is -2.08. The molecule has 7 heteroatoms. The van der Waals surface area contributed by atoms with Crippen LogP contribution in [0.2, 0.25) is 5.02 Å². The van der Waals surface area contributed by atoms with E-state index >= 15 is 0 Å². The van der Waals surface area contributed by atoms with Gasteiger partial charge < -0.3 is 16.0 Å². The predicted octanol–water partition coefficient (Wildman–Crippen LogP) is 4.52. The van der Waals surface area contributed by atoms with E-state index in [1.54, 1.807) is 30.3 Å². The molecular weight excluding hydrogens is 370 g/mol. The third-order valence-corrected chi connectivity index (χ3v) is 4.50. The van der Waals surface area contributed by atoms with Gasteiger partial charge in [0.25, 0.3) is 0 Å². The van der Waals surface area contributed by atoms with Gasteiger partial charge in [0.2, 0.25) is 5.91 Å². The van der Waals surface area contributed by atoms with Crippen LogP contribution in [0.4, 0.5) is 16.2 Å². The summed E-state index contributed by atoms with van der Waals surface area (Å²) in [4.78, 5) is 23.5. The van der Waals surface area contributed by atoms with E-state index in [0.29, 0.717) is 28.7 Å². The molecule has 0 aromatic heterocycles. The van der Waals surface area contributed by atoms with Gasteiger partial charge in [-0.05, 0) is 42.0 Å². The van der Waals surface area contributed by atoms with E-state index in [4.69, 9.17) is 11.6 Å². The van der Waals surface area contributed by atoms with Gasteiger partial charge >= 0.3 is 6.03 Å². The molecule has 3 amide bonds. The third kappa shape index (κ3) is 7.21. The van der Waals surface area contributed by atoms with Crippen molar-refractivity contribution in [3.8, 4) is 0 Å². The number of nitrogens with one attached hydrogen (secondary N) is 3. The topological polar surface area (TPSA) is 70.2 Å². The minimum absolute atomic E-state index is 0.0756. The Kier molecular flexibility index (Phi) is 8.05. The number of thioether (sulfide) groups is 1. The molecule has 0 fully saturated rings. The second-order valence-electron chi connectivity index (χ2n) is 5.37. The maximum Gasteiger partial charge on any atom is 0.319 e. The lowest BCUT2D eigenvalue weighted by atomic mass is 10.2. The molecule has 0 bridgehead atoms. The lowest BCUT2D eigenvalue weighted by Crippen LogP contribution is -2.28. The summed E-state index contributed by atoms with van der Waals surface area (Å²) in [5, 5.41) is 8.84. The van der Waals surface area contributed by atoms with Crippen molar-refractivity contribution in [1.82, 2.24) is 5.32 Å². The SMILES string of the molecule is C=CCNC(=O)Nc1ccc(NC(=O)CSCc2ccc(Cl)cc2)cc1. The number of hydrogen-bond donors (Lipinski definition) is 3. The fourth-order valence-electron chi connectivity index (χ4n) is 2.02. The summed E-state index contributed by atoms with van der Waals surface area (Å²) >= 11 is 7.38. The molecular formula is C19H20ClN3O2S. The minimum atomic E-state index is -0.305. The molecule has 2 aromatic carbocycles. The van der Waals surface area contributed by atoms with E-state index in [-0.39, 0.29) is 11.9 Å². The Bertz CT molecular complexity index is 748. The highest BCUT2D eigenvalue weighted by molar-refractivity contribution is 7.99. The van der Waals surface area contributed by atoms with Crippen LogP contribution in [0.1, 0.15) is 5.56 Å². The third-order valence-electron chi connectivity index (χ3n) is 3.25. The molecule has 0 radical (unpaired) electrons. The molecule has 0 atom stereocenters. The van der Waals surface area contributed by atoms with Crippen LogP contribution in [0.25, 0.3) is 0 Å². The molecule has 5 nitrogen and oxygen atoms in total. The summed E-state index contributed by atoms with van der Waals surface area (Å²) in [5.74, 6) is 1.02. The van der Waals surface area contributed by atoms with E-state index < -0.39 is 0 Å². The van der Waals surface area contributed by atoms with Crippen LogP contribution >= 0.6 is 23.4 Å². The number of carbonyl (C=O) groups is 2. The van der Waals surface area contributed by atoms with Crippen molar-refractivity contribution in [3.63, 3.8) is 0 Å². The van der Waals surface area contributed by atoms with Gasteiger partial charge in [-0.3, -0.25) is 4.79 Å². The maximum absolute atomic E-state index is 12.0. The molecule has 0 aliphatic carbocycles. The fraction of sp³-hybridized carbons (Fsp3) is 0.158. The molecule has 0 aliphatic rings. The van der Waals surface area contributed by atoms with Crippen LogP contribution in [0, 0.1) is 0 Å². The molecule has 0 aliphatic heterocycles. The lowest BCUT2D eigenvalue weighted by molar-refractivity contribution is -0.113. The monoisotopic (exact) mass is 389 g/mol. The highest BCUT2D eigenvalue weighted by atomic mass is 35.5. The number of halogens is 1. The molecule has 26 heavy (non-hydrogen) atoms. The molecule has 3 N–H and O–H groups in total. The van der Waals surface area contributed by atoms with Gasteiger partial charge in [-0.15, -0.1) is 18.3 Å². The van der Waals surface area contributed by atoms with Gasteiger partial charge in [0.05, 0.1) is 5.75 Å². The van der Waals surface area contributed by atoms with Crippen LogP contribution in [0.15, 0.2) is 61.2 Å². The Morgan fingerprint density at radius 3 is 2.23 bits per heavy atom. The van der Waals surface area contributed by atoms with Crippen molar-refractivity contribution in [3.05, 3.63) is 71.8 Å². The zero-order valence-electron chi connectivity index (χ0n) is 14.1. The van der Waals surface area contributed by atoms with Gasteiger partial charge in [-0.25, -0.2) is 4.79 Å². The average Bonchev–Trinajstić information content (AvgIpc) is 2.63. The van der Waals surface area contributed by atoms with Gasteiger partial charge in [0.15, 0.2) is 0 Å². The number of anilines is 2. The highest BCUT2D eigenvalue weighted by Crippen LogP contribution is 2.17. The van der Waals surface area contributed by atoms with Crippen LogP contribution in [0.3, 0.4) is 0 Å². The average molecular weight is 390 g/mol. The van der Waals surface area contributed by atoms with Gasteiger partial charge in [0, 0.05) is 28.7 Å². The molecule has 0 spiro atoms. The summed E-state index contributed by atoms with van der Waals surface area (Å²) in [6, 6.07) is 14.2. The summed E-state index contributed by atoms with van der Waals surface area (Å²) in [6.45, 7) is 3.93. The number of rotatable bonds is 8. The van der Waals surface area contributed by atoms with E-state index in [0.717, 1.165) is 11.3 Å². The van der Waals surface area contributed by atoms with Crippen LogP contribution in [-0.2, 0) is 10.5 Å². The second kappa shape index (κ2) is 10.5. The van der Waals surface area contributed by atoms with Crippen molar-refractivity contribution in [1.29, 1.82) is 0 Å². The van der Waals surface area contributed by atoms with E-state index in [2.05, 4.69) is 22.5 Å². The smallest absolute Gasteiger partial charge is 0.319 e. The van der Waals surface area contributed by atoms with Crippen LogP contribution < -0.4 is 16.0 Å². The normalized spacial score (nSPS) is 10.0. The van der Waals surface area contributed by atoms with Gasteiger partial charge in [-0.2, -0.15) is 0 Å². The summed E-state index contributed by atoms with van der Waals surface area (Å²) < 4.78 is 0. The first-order chi connectivity index (χ1) is 12.6. The molecule has 0 unspecified atom stereocenters. The quantitative estimate of drug-likeness (QED) is 0.581. The minimum Gasteiger partial charge on any atom is -0.334 e. The predicted molar refractivity (Wildman–Crippen MR) is 110 cm³/mol. The first kappa shape index (κ1) is 19.9. The largest absolute Gasteiger partial charge is 0.334 e. The molecule has 2 rings (SSSR count). The highest BCUT2D eigenvalue weighted by Gasteiger charge is 2.04. The first-order valence-corrected chi connectivity index (χ1v) is 9.48. The molecule has 0 saturated heterocycles. The van der Waals surface area contributed by atoms with Gasteiger partial charge in [0.1, 0.15) is 0 Å². The summed E-state index contributed by atoms with van der Waals surface area (Å²) in [5.41, 5.74) is 2.44. The van der Waals surface area contributed by atoms with E-state index in [9.17, 15) is 9.59 Å². The summed E-state index contributed by atoms with van der Waals surface area (Å²) in [7, 11) is 0. The number of carbonyl (C=O) groups excluding carboxylic acids is 2. The Labute approximate surface area is 162 Å². The van der Waals surface area contributed by atoms with Crippen molar-refractivity contribution in [2.75, 3.05) is 22.9 Å². The zero-order valence-corrected chi connectivity index (χ0v) is 15.7. The van der Waals surface area contributed by atoms with Crippen LogP contribution in [-0.4, -0.2) is 24.2 Å². The molecule has 0 heterocycles. The van der Waals surface area contributed by atoms with Crippen molar-refractivity contribution in [2.24, 2.45) is 0 Å². The number of urea groups is 1. The van der Waals surface area contributed by atoms with Gasteiger partial charge in [-0.1, -0.05) is 29.8 Å². The Morgan fingerprint density at radius 2 is 1.62 bits per heavy atom. The van der Waals surface area contributed by atoms with Crippen LogP contribution in [0.5, 0.6) is 0 Å². The number of hydrogen-bond acceptors (Lipinski definition) is 3. The zero-order chi connectivity index (χ0) is 18.8. The fourth-order valence-corrected chi connectivity index (χ4v) is 2.93. The number of amides is 3. The van der Waals surface area contributed by atoms with E-state index in [1.807, 2.05) is 24.3 Å². The Hall–Kier alpha value is -2.44. The second-order valence-corrected chi connectivity index (χ2v) is 6.79. The van der Waals surface area contributed by atoms with Crippen molar-refractivity contribution in [2.45, 2.75) is 5.75 Å². The van der Waals surface area contributed by atoms with E-state index in [1.165, 1.54) is 11.8 Å². The molecule has 0 saturated carbocycles. The molecule has 136 valence electrons.